The number of likely N-dealkylation sites (tertiary alicyclic amines) is 2. The van der Waals surface area contributed by atoms with Gasteiger partial charge in [0.05, 0.1) is 13.2 Å². The summed E-state index contributed by atoms with van der Waals surface area (Å²) in [5.74, 6) is -3.40. The first-order valence-corrected chi connectivity index (χ1v) is 11.2. The van der Waals surface area contributed by atoms with Gasteiger partial charge in [0, 0.05) is 31.3 Å². The Morgan fingerprint density at radius 2 is 1.56 bits per heavy atom. The lowest BCUT2D eigenvalue weighted by Gasteiger charge is -2.45. The lowest BCUT2D eigenvalue weighted by atomic mass is 9.85. The van der Waals surface area contributed by atoms with Crippen LogP contribution in [0.3, 0.4) is 0 Å². The summed E-state index contributed by atoms with van der Waals surface area (Å²) in [6.45, 7) is 9.12. The molecule has 2 N–H and O–H groups in total. The van der Waals surface area contributed by atoms with E-state index in [4.69, 9.17) is 29.0 Å². The average Bonchev–Trinajstić information content (AvgIpc) is 3.31. The van der Waals surface area contributed by atoms with Crippen LogP contribution >= 0.6 is 0 Å². The van der Waals surface area contributed by atoms with E-state index in [0.29, 0.717) is 11.6 Å². The number of piperidine rings is 1. The topological polar surface area (TPSA) is 103 Å². The van der Waals surface area contributed by atoms with Crippen molar-refractivity contribution in [1.82, 2.24) is 9.80 Å². The fraction of sp³-hybridized carbons (Fsp3) is 0.727. The Bertz CT molecular complexity index is 810. The summed E-state index contributed by atoms with van der Waals surface area (Å²) in [6, 6.07) is 4.78. The third-order valence-electron chi connectivity index (χ3n) is 6.20. The summed E-state index contributed by atoms with van der Waals surface area (Å²) in [4.78, 5) is 22.9. The number of ether oxygens (including phenoxy) is 1. The molecule has 2 aliphatic heterocycles. The highest BCUT2D eigenvalue weighted by molar-refractivity contribution is 5.73. The summed E-state index contributed by atoms with van der Waals surface area (Å²) >= 11 is 0. The minimum atomic E-state index is -5.08. The van der Waals surface area contributed by atoms with Gasteiger partial charge in [0.15, 0.2) is 0 Å². The Balaban J connectivity index is 0.000000383. The van der Waals surface area contributed by atoms with E-state index in [-0.39, 0.29) is 0 Å². The molecule has 0 amide bonds. The van der Waals surface area contributed by atoms with Crippen LogP contribution in [-0.2, 0) is 20.9 Å². The van der Waals surface area contributed by atoms with Crippen molar-refractivity contribution in [2.75, 3.05) is 33.4 Å². The van der Waals surface area contributed by atoms with Gasteiger partial charge < -0.3 is 19.4 Å². The number of carboxylic acids is 2. The molecule has 1 unspecified atom stereocenters. The largest absolute Gasteiger partial charge is 0.490 e. The molecule has 2 aliphatic rings. The van der Waals surface area contributed by atoms with Gasteiger partial charge in [-0.3, -0.25) is 9.80 Å². The van der Waals surface area contributed by atoms with Crippen molar-refractivity contribution >= 4 is 11.9 Å². The number of hydrogen-bond acceptors (Lipinski definition) is 6. The third kappa shape index (κ3) is 9.97. The number of alkyl halides is 6. The van der Waals surface area contributed by atoms with Crippen LogP contribution in [0.2, 0.25) is 0 Å². The van der Waals surface area contributed by atoms with Crippen molar-refractivity contribution in [2.45, 2.75) is 70.0 Å². The number of carbonyl (C=O) groups is 2. The Kier molecular flexibility index (Phi) is 11.7. The molecule has 0 bridgehead atoms. The number of hydrogen-bond donors (Lipinski definition) is 2. The van der Waals surface area contributed by atoms with Crippen LogP contribution in [0.1, 0.15) is 44.1 Å². The highest BCUT2D eigenvalue weighted by atomic mass is 19.4. The van der Waals surface area contributed by atoms with Crippen molar-refractivity contribution in [3.63, 3.8) is 0 Å². The molecule has 0 radical (unpaired) electrons. The van der Waals surface area contributed by atoms with Gasteiger partial charge in [0.1, 0.15) is 11.5 Å². The summed E-state index contributed by atoms with van der Waals surface area (Å²) in [6.07, 6.45) is -5.01. The van der Waals surface area contributed by atoms with Crippen LogP contribution in [0.15, 0.2) is 16.5 Å². The molecule has 1 spiro atoms. The lowest BCUT2D eigenvalue weighted by molar-refractivity contribution is -0.193. The fourth-order valence-electron chi connectivity index (χ4n) is 4.16. The normalized spacial score (nSPS) is 20.3. The van der Waals surface area contributed by atoms with Crippen molar-refractivity contribution in [3.05, 3.63) is 23.7 Å². The molecule has 36 heavy (non-hydrogen) atoms. The number of nitrogens with zero attached hydrogens (tertiary/aromatic N) is 2. The van der Waals surface area contributed by atoms with E-state index in [1.54, 1.807) is 0 Å². The highest BCUT2D eigenvalue weighted by Crippen LogP contribution is 2.40. The van der Waals surface area contributed by atoms with Crippen LogP contribution < -0.4 is 0 Å². The fourth-order valence-corrected chi connectivity index (χ4v) is 4.16. The second-order valence-electron chi connectivity index (χ2n) is 8.58. The summed E-state index contributed by atoms with van der Waals surface area (Å²) < 4.78 is 74.8. The van der Waals surface area contributed by atoms with Crippen LogP contribution in [-0.4, -0.2) is 89.2 Å². The van der Waals surface area contributed by atoms with Gasteiger partial charge >= 0.3 is 24.3 Å². The van der Waals surface area contributed by atoms with Crippen LogP contribution in [0.4, 0.5) is 26.3 Å². The van der Waals surface area contributed by atoms with Crippen LogP contribution in [0.5, 0.6) is 0 Å². The highest BCUT2D eigenvalue weighted by Gasteiger charge is 2.45. The van der Waals surface area contributed by atoms with E-state index >= 15 is 0 Å². The van der Waals surface area contributed by atoms with E-state index in [0.717, 1.165) is 31.3 Å². The number of furan rings is 1. The Morgan fingerprint density at radius 3 is 1.94 bits per heavy atom. The standard InChI is InChI=1S/C18H30N2O2.2C2HF3O2/c1-4-21-14-16-7-8-18(19(16)3)9-11-20(12-10-18)13-17-6-5-15(2)22-17;2*3-2(4,5)1(6)7/h5-6,16H,4,7-14H2,1-3H3;2*(H,6,7). The maximum absolute atomic E-state index is 10.6. The first-order valence-electron chi connectivity index (χ1n) is 11.2. The Labute approximate surface area is 204 Å². The summed E-state index contributed by atoms with van der Waals surface area (Å²) in [5, 5.41) is 14.2. The van der Waals surface area contributed by atoms with E-state index < -0.39 is 24.3 Å². The SMILES string of the molecule is CCOCC1CCC2(CCN(Cc3ccc(C)o3)CC2)N1C.O=C(O)C(F)(F)F.O=C(O)C(F)(F)F. The second-order valence-corrected chi connectivity index (χ2v) is 8.58. The number of halogens is 6. The molecule has 1 aromatic rings. The van der Waals surface area contributed by atoms with Gasteiger partial charge in [-0.05, 0) is 58.7 Å². The molecule has 8 nitrogen and oxygen atoms in total. The number of aliphatic carboxylic acids is 2. The van der Waals surface area contributed by atoms with Crippen molar-refractivity contribution in [3.8, 4) is 0 Å². The zero-order chi connectivity index (χ0) is 27.7. The number of aryl methyl sites for hydroxylation is 1. The molecule has 0 saturated carbocycles. The monoisotopic (exact) mass is 534 g/mol. The molecule has 1 atom stereocenters. The first-order chi connectivity index (χ1) is 16.5. The number of rotatable bonds is 5. The minimum absolute atomic E-state index is 0.414. The van der Waals surface area contributed by atoms with Crippen molar-refractivity contribution in [2.24, 2.45) is 0 Å². The Hall–Kier alpha value is -2.32. The van der Waals surface area contributed by atoms with Crippen LogP contribution in [0.25, 0.3) is 0 Å². The summed E-state index contributed by atoms with van der Waals surface area (Å²) in [7, 11) is 2.31. The molecule has 3 heterocycles. The molecule has 2 saturated heterocycles. The quantitative estimate of drug-likeness (QED) is 0.539. The van der Waals surface area contributed by atoms with E-state index in [1.165, 1.54) is 38.8 Å². The molecular formula is C22H32F6N2O6. The first kappa shape index (κ1) is 31.7. The molecule has 1 aromatic heterocycles. The van der Waals surface area contributed by atoms with Gasteiger partial charge in [-0.25, -0.2) is 9.59 Å². The predicted molar refractivity (Wildman–Crippen MR) is 115 cm³/mol. The lowest BCUT2D eigenvalue weighted by Crippen LogP contribution is -2.52. The predicted octanol–water partition coefficient (Wildman–Crippen LogP) is 4.32. The maximum atomic E-state index is 10.6. The van der Waals surface area contributed by atoms with Gasteiger partial charge in [-0.15, -0.1) is 0 Å². The van der Waals surface area contributed by atoms with E-state index in [1.807, 2.05) is 6.92 Å². The average molecular weight is 534 g/mol. The van der Waals surface area contributed by atoms with Gasteiger partial charge in [0.2, 0.25) is 0 Å². The molecule has 0 aromatic carbocycles. The van der Waals surface area contributed by atoms with E-state index in [2.05, 4.69) is 35.9 Å². The molecule has 0 aliphatic carbocycles. The van der Waals surface area contributed by atoms with Gasteiger partial charge in [0.25, 0.3) is 0 Å². The molecule has 208 valence electrons. The van der Waals surface area contributed by atoms with Crippen molar-refractivity contribution < 1.29 is 55.3 Å². The zero-order valence-electron chi connectivity index (χ0n) is 20.3. The molecular weight excluding hydrogens is 502 g/mol. The second kappa shape index (κ2) is 13.3. The number of likely N-dealkylation sites (N-methyl/N-ethyl adjacent to an activating group) is 1. The molecule has 3 rings (SSSR count). The zero-order valence-corrected chi connectivity index (χ0v) is 20.3. The Morgan fingerprint density at radius 1 is 1.06 bits per heavy atom. The minimum Gasteiger partial charge on any atom is -0.475 e. The molecule has 14 heteroatoms. The van der Waals surface area contributed by atoms with Crippen LogP contribution in [0, 0.1) is 6.92 Å². The summed E-state index contributed by atoms with van der Waals surface area (Å²) in [5.41, 5.74) is 0.414. The smallest absolute Gasteiger partial charge is 0.475 e. The third-order valence-corrected chi connectivity index (χ3v) is 6.20. The van der Waals surface area contributed by atoms with E-state index in [9.17, 15) is 26.3 Å². The van der Waals surface area contributed by atoms with Crippen molar-refractivity contribution in [1.29, 1.82) is 0 Å². The maximum Gasteiger partial charge on any atom is 0.490 e. The van der Waals surface area contributed by atoms with Gasteiger partial charge in [-0.2, -0.15) is 26.3 Å². The number of carboxylic acid groups (broad SMARTS) is 2. The molecule has 2 fully saturated rings. The van der Waals surface area contributed by atoms with Gasteiger partial charge in [-0.1, -0.05) is 0 Å².